The third kappa shape index (κ3) is 13.0. The Labute approximate surface area is 294 Å². The van der Waals surface area contributed by atoms with E-state index in [1.807, 2.05) is 52.0 Å². The lowest BCUT2D eigenvalue weighted by Gasteiger charge is -2.09. The van der Waals surface area contributed by atoms with Crippen molar-refractivity contribution in [1.82, 2.24) is 34.9 Å². The highest BCUT2D eigenvalue weighted by molar-refractivity contribution is 6.41. The molecule has 0 bridgehead atoms. The monoisotopic (exact) mass is 744 g/mol. The fourth-order valence-corrected chi connectivity index (χ4v) is 3.99. The zero-order valence-electron chi connectivity index (χ0n) is 24.9. The fraction of sp³-hybridized carbons (Fsp3) is 0.179. The first-order valence-electron chi connectivity index (χ1n) is 12.8. The van der Waals surface area contributed by atoms with E-state index in [-0.39, 0.29) is 26.6 Å². The Hall–Kier alpha value is -3.65. The molecule has 242 valence electrons. The number of rotatable bonds is 3. The van der Waals surface area contributed by atoms with Crippen molar-refractivity contribution in [2.24, 2.45) is 0 Å². The maximum atomic E-state index is 10.2. The summed E-state index contributed by atoms with van der Waals surface area (Å²) in [6, 6.07) is 10.5. The Bertz CT molecular complexity index is 1760. The SMILES string of the molecule is Cc1ccc(N)c(C)n1.Cc1ccc(Nc2nc(Cl)ncc2Cl)c(C)n1.Cc1ccc([N+](=O)[O-])c(Cl)n1.Clc1ncc(Cl)c(Cl)n1. The molecule has 18 heteroatoms. The molecule has 12 nitrogen and oxygen atoms in total. The third-order valence-corrected chi connectivity index (χ3v) is 6.88. The van der Waals surface area contributed by atoms with Gasteiger partial charge in [0.15, 0.2) is 11.0 Å². The number of aromatic nitrogens is 7. The first-order chi connectivity index (χ1) is 21.6. The molecule has 0 saturated carbocycles. The standard InChI is InChI=1S/C11H10Cl2N4.C7H10N2.C6H5ClN2O2.C4HCl3N2/c1-6-3-4-9(7(2)15-6)16-10-8(12)5-14-11(13)17-10;1-5-3-4-7(8)6(2)9-5;1-4-2-3-5(9(10)11)6(7)8-4;5-2-1-8-4(7)9-3(2)6/h3-5H,1-2H3,(H,14,16,17);3-4H,8H2,1-2H3;2-3H,1H3;1H. The number of aryl methyl sites for hydroxylation is 5. The van der Waals surface area contributed by atoms with Gasteiger partial charge in [-0.25, -0.2) is 19.9 Å². The molecule has 0 fully saturated rings. The lowest BCUT2D eigenvalue weighted by atomic mass is 10.3. The van der Waals surface area contributed by atoms with Crippen molar-refractivity contribution in [2.75, 3.05) is 11.1 Å². The molecule has 0 atom stereocenters. The van der Waals surface area contributed by atoms with E-state index >= 15 is 0 Å². The molecule has 5 aromatic heterocycles. The van der Waals surface area contributed by atoms with Crippen LogP contribution < -0.4 is 11.1 Å². The summed E-state index contributed by atoms with van der Waals surface area (Å²) in [4.78, 5) is 36.8. The van der Waals surface area contributed by atoms with Gasteiger partial charge in [-0.2, -0.15) is 4.98 Å². The zero-order valence-corrected chi connectivity index (χ0v) is 29.4. The van der Waals surface area contributed by atoms with E-state index in [2.05, 4.69) is 40.2 Å². The van der Waals surface area contributed by atoms with Crippen molar-refractivity contribution < 1.29 is 4.92 Å². The summed E-state index contributed by atoms with van der Waals surface area (Å²) in [5.41, 5.74) is 11.4. The van der Waals surface area contributed by atoms with Crippen LogP contribution in [-0.4, -0.2) is 39.8 Å². The second-order valence-corrected chi connectivity index (χ2v) is 11.2. The van der Waals surface area contributed by atoms with Gasteiger partial charge < -0.3 is 11.1 Å². The van der Waals surface area contributed by atoms with Crippen molar-refractivity contribution in [3.05, 3.63) is 118 Å². The average molecular weight is 747 g/mol. The number of pyridine rings is 3. The molecule has 0 aromatic carbocycles. The number of hydrogen-bond acceptors (Lipinski definition) is 11. The Balaban J connectivity index is 0.000000223. The molecule has 0 aliphatic carbocycles. The van der Waals surface area contributed by atoms with E-state index < -0.39 is 4.92 Å². The highest BCUT2D eigenvalue weighted by Gasteiger charge is 2.12. The molecule has 0 amide bonds. The number of hydrogen-bond donors (Lipinski definition) is 2. The van der Waals surface area contributed by atoms with Crippen molar-refractivity contribution in [1.29, 1.82) is 0 Å². The molecular weight excluding hydrogens is 721 g/mol. The largest absolute Gasteiger partial charge is 0.397 e. The minimum absolute atomic E-state index is 0.0602. The quantitative estimate of drug-likeness (QED) is 0.0593. The van der Waals surface area contributed by atoms with Crippen LogP contribution in [-0.2, 0) is 0 Å². The zero-order chi connectivity index (χ0) is 34.6. The summed E-state index contributed by atoms with van der Waals surface area (Å²) < 4.78 is 0. The summed E-state index contributed by atoms with van der Waals surface area (Å²) in [5.74, 6) is 0.473. The van der Waals surface area contributed by atoms with Crippen LogP contribution in [0.4, 0.5) is 22.9 Å². The second-order valence-electron chi connectivity index (χ2n) is 8.97. The van der Waals surface area contributed by atoms with Crippen LogP contribution in [0.2, 0.25) is 30.9 Å². The second kappa shape index (κ2) is 18.5. The topological polar surface area (TPSA) is 171 Å². The molecule has 5 rings (SSSR count). The summed E-state index contributed by atoms with van der Waals surface area (Å²) in [6.45, 7) is 9.42. The number of anilines is 3. The Kier molecular flexibility index (Phi) is 15.5. The van der Waals surface area contributed by atoms with E-state index in [9.17, 15) is 10.1 Å². The first kappa shape index (κ1) is 38.5. The lowest BCUT2D eigenvalue weighted by Crippen LogP contribution is -1.99. The predicted octanol–water partition coefficient (Wildman–Crippen LogP) is 9.21. The highest BCUT2D eigenvalue weighted by atomic mass is 35.5. The van der Waals surface area contributed by atoms with Gasteiger partial charge in [0.2, 0.25) is 15.7 Å². The van der Waals surface area contributed by atoms with Gasteiger partial charge in [-0.05, 0) is 88.2 Å². The molecule has 0 aliphatic rings. The fourth-order valence-electron chi connectivity index (χ4n) is 3.06. The summed E-state index contributed by atoms with van der Waals surface area (Å²) in [7, 11) is 0. The van der Waals surface area contributed by atoms with Gasteiger partial charge in [0.05, 0.1) is 45.1 Å². The van der Waals surface area contributed by atoms with Crippen molar-refractivity contribution in [3.8, 4) is 0 Å². The van der Waals surface area contributed by atoms with Gasteiger partial charge >= 0.3 is 5.69 Å². The number of halogens is 6. The molecule has 3 N–H and O–H groups in total. The average Bonchev–Trinajstić information content (AvgIpc) is 2.97. The van der Waals surface area contributed by atoms with E-state index in [0.29, 0.717) is 21.6 Å². The van der Waals surface area contributed by atoms with Crippen LogP contribution >= 0.6 is 69.6 Å². The van der Waals surface area contributed by atoms with Crippen molar-refractivity contribution in [2.45, 2.75) is 34.6 Å². The maximum Gasteiger partial charge on any atom is 0.306 e. The van der Waals surface area contributed by atoms with Crippen LogP contribution in [0.5, 0.6) is 0 Å². The Morgan fingerprint density at radius 3 is 1.67 bits per heavy atom. The van der Waals surface area contributed by atoms with Crippen LogP contribution in [0.25, 0.3) is 0 Å². The summed E-state index contributed by atoms with van der Waals surface area (Å²) >= 11 is 33.4. The smallest absolute Gasteiger partial charge is 0.306 e. The minimum Gasteiger partial charge on any atom is -0.397 e. The number of nitrogens with zero attached hydrogens (tertiary/aromatic N) is 8. The minimum atomic E-state index is -0.561. The van der Waals surface area contributed by atoms with E-state index in [0.717, 1.165) is 34.2 Å². The number of nitrogens with one attached hydrogen (secondary N) is 1. The highest BCUT2D eigenvalue weighted by Crippen LogP contribution is 2.25. The third-order valence-electron chi connectivity index (χ3n) is 5.30. The molecule has 5 heterocycles. The molecule has 46 heavy (non-hydrogen) atoms. The van der Waals surface area contributed by atoms with E-state index in [1.54, 1.807) is 13.0 Å². The molecular formula is C28H26Cl6N10O2. The van der Waals surface area contributed by atoms with Gasteiger partial charge in [0.1, 0.15) is 5.02 Å². The lowest BCUT2D eigenvalue weighted by molar-refractivity contribution is -0.385. The molecule has 0 aliphatic heterocycles. The van der Waals surface area contributed by atoms with Gasteiger partial charge in [-0.15, -0.1) is 0 Å². The van der Waals surface area contributed by atoms with Crippen LogP contribution in [0.3, 0.4) is 0 Å². The first-order valence-corrected chi connectivity index (χ1v) is 15.0. The van der Waals surface area contributed by atoms with Gasteiger partial charge in [0, 0.05) is 23.1 Å². The van der Waals surface area contributed by atoms with Crippen molar-refractivity contribution in [3.63, 3.8) is 0 Å². The normalized spacial score (nSPS) is 9.89. The molecule has 0 spiro atoms. The Morgan fingerprint density at radius 2 is 1.17 bits per heavy atom. The predicted molar refractivity (Wildman–Crippen MR) is 185 cm³/mol. The van der Waals surface area contributed by atoms with E-state index in [1.165, 1.54) is 18.5 Å². The molecule has 0 radical (unpaired) electrons. The maximum absolute atomic E-state index is 10.2. The van der Waals surface area contributed by atoms with Crippen LogP contribution in [0, 0.1) is 44.7 Å². The molecule has 5 aromatic rings. The number of nitrogen functional groups attached to an aromatic ring is 1. The van der Waals surface area contributed by atoms with Gasteiger partial charge in [-0.3, -0.25) is 20.1 Å². The molecule has 0 saturated heterocycles. The number of nitrogens with two attached hydrogens (primary N) is 1. The number of nitro groups is 1. The van der Waals surface area contributed by atoms with Crippen LogP contribution in [0.15, 0.2) is 48.8 Å². The summed E-state index contributed by atoms with van der Waals surface area (Å²) in [5, 5.41) is 14.4. The molecule has 0 unspecified atom stereocenters. The van der Waals surface area contributed by atoms with Gasteiger partial charge in [-0.1, -0.05) is 46.4 Å². The van der Waals surface area contributed by atoms with Crippen LogP contribution in [0.1, 0.15) is 28.5 Å². The van der Waals surface area contributed by atoms with Gasteiger partial charge in [0.25, 0.3) is 0 Å². The Morgan fingerprint density at radius 1 is 0.652 bits per heavy atom. The summed E-state index contributed by atoms with van der Waals surface area (Å²) in [6.07, 6.45) is 2.80. The van der Waals surface area contributed by atoms with E-state index in [4.69, 9.17) is 75.3 Å². The van der Waals surface area contributed by atoms with Crippen molar-refractivity contribution >= 4 is 92.5 Å².